The first kappa shape index (κ1) is 22.6. The van der Waals surface area contributed by atoms with Crippen LogP contribution in [0.5, 0.6) is 0 Å². The van der Waals surface area contributed by atoms with Gasteiger partial charge in [-0.25, -0.2) is 19.9 Å². The van der Waals surface area contributed by atoms with Crippen LogP contribution in [0.4, 0.5) is 11.8 Å². The first-order chi connectivity index (χ1) is 17.0. The summed E-state index contributed by atoms with van der Waals surface area (Å²) in [5.41, 5.74) is 1.29. The van der Waals surface area contributed by atoms with Crippen LogP contribution < -0.4 is 5.32 Å². The average Bonchev–Trinajstić information content (AvgIpc) is 3.48. The molecule has 0 saturated carbocycles. The standard InChI is InChI=1S/C24H23N7O4/c1-31-11-9-24(34,22(31)33)20-13-19(30-35-20)17-4-2-3-16(27-17)18-7-10-25-23(28-18)29-21-6-5-15(8-12-32)14-26-21/h2-7,10,13-14,32,34H,8-9,11-12H2,1H3,(H,25,26,28,29). The van der Waals surface area contributed by atoms with Crippen LogP contribution >= 0.6 is 0 Å². The Labute approximate surface area is 200 Å². The Morgan fingerprint density at radius 1 is 1.09 bits per heavy atom. The summed E-state index contributed by atoms with van der Waals surface area (Å²) in [5.74, 6) is 0.609. The molecule has 0 spiro atoms. The fourth-order valence-electron chi connectivity index (χ4n) is 3.84. The summed E-state index contributed by atoms with van der Waals surface area (Å²) in [5, 5.41) is 26.9. The number of pyridine rings is 2. The van der Waals surface area contributed by atoms with Gasteiger partial charge in [0.25, 0.3) is 5.91 Å². The van der Waals surface area contributed by atoms with Crippen molar-refractivity contribution in [3.05, 3.63) is 66.2 Å². The van der Waals surface area contributed by atoms with Gasteiger partial charge in [0, 0.05) is 45.1 Å². The van der Waals surface area contributed by atoms with Gasteiger partial charge in [-0.3, -0.25) is 4.79 Å². The van der Waals surface area contributed by atoms with Gasteiger partial charge < -0.3 is 25.0 Å². The van der Waals surface area contributed by atoms with Gasteiger partial charge in [0.05, 0.1) is 17.1 Å². The number of likely N-dealkylation sites (N-methyl/N-ethyl adjacent to an activating group) is 1. The maximum atomic E-state index is 12.4. The molecule has 11 heteroatoms. The number of carbonyl (C=O) groups excluding carboxylic acids is 1. The Kier molecular flexibility index (Phi) is 5.93. The lowest BCUT2D eigenvalue weighted by molar-refractivity contribution is -0.144. The van der Waals surface area contributed by atoms with Gasteiger partial charge in [-0.1, -0.05) is 17.3 Å². The van der Waals surface area contributed by atoms with Gasteiger partial charge in [-0.2, -0.15) is 0 Å². The molecule has 1 aliphatic heterocycles. The molecule has 5 heterocycles. The van der Waals surface area contributed by atoms with Crippen LogP contribution in [0.25, 0.3) is 22.8 Å². The first-order valence-electron chi connectivity index (χ1n) is 11.0. The maximum Gasteiger partial charge on any atom is 0.262 e. The summed E-state index contributed by atoms with van der Waals surface area (Å²) in [6.45, 7) is 0.503. The molecule has 0 aromatic carbocycles. The van der Waals surface area contributed by atoms with Crippen molar-refractivity contribution in [1.82, 2.24) is 30.0 Å². The van der Waals surface area contributed by atoms with Crippen LogP contribution in [0.3, 0.4) is 0 Å². The van der Waals surface area contributed by atoms with E-state index in [9.17, 15) is 9.90 Å². The van der Waals surface area contributed by atoms with E-state index in [2.05, 4.69) is 30.4 Å². The van der Waals surface area contributed by atoms with Gasteiger partial charge in [-0.15, -0.1) is 0 Å². The molecule has 1 unspecified atom stereocenters. The highest BCUT2D eigenvalue weighted by molar-refractivity contribution is 5.87. The predicted octanol–water partition coefficient (Wildman–Crippen LogP) is 1.92. The minimum absolute atomic E-state index is 0.0671. The molecule has 1 atom stereocenters. The predicted molar refractivity (Wildman–Crippen MR) is 125 cm³/mol. The fourth-order valence-corrected chi connectivity index (χ4v) is 3.84. The number of aromatic nitrogens is 5. The number of aliphatic hydroxyl groups is 2. The van der Waals surface area contributed by atoms with Crippen molar-refractivity contribution in [1.29, 1.82) is 0 Å². The number of rotatable bonds is 7. The molecular weight excluding hydrogens is 450 g/mol. The lowest BCUT2D eigenvalue weighted by Crippen LogP contribution is -2.35. The maximum absolute atomic E-state index is 12.4. The molecule has 1 aliphatic rings. The molecule has 4 aromatic rings. The van der Waals surface area contributed by atoms with Gasteiger partial charge in [-0.05, 0) is 36.2 Å². The Morgan fingerprint density at radius 3 is 2.60 bits per heavy atom. The number of hydrogen-bond donors (Lipinski definition) is 3. The molecule has 5 rings (SSSR count). The summed E-state index contributed by atoms with van der Waals surface area (Å²) in [6, 6.07) is 12.3. The number of likely N-dealkylation sites (tertiary alicyclic amines) is 1. The van der Waals surface area contributed by atoms with Gasteiger partial charge >= 0.3 is 0 Å². The molecule has 0 aliphatic carbocycles. The Morgan fingerprint density at radius 2 is 1.89 bits per heavy atom. The fraction of sp³-hybridized carbons (Fsp3) is 0.250. The van der Waals surface area contributed by atoms with E-state index < -0.39 is 11.5 Å². The van der Waals surface area contributed by atoms with E-state index in [4.69, 9.17) is 9.63 Å². The summed E-state index contributed by atoms with van der Waals surface area (Å²) in [4.78, 5) is 31.5. The van der Waals surface area contributed by atoms with Crippen molar-refractivity contribution in [2.75, 3.05) is 25.5 Å². The van der Waals surface area contributed by atoms with Crippen molar-refractivity contribution < 1.29 is 19.5 Å². The van der Waals surface area contributed by atoms with Crippen LogP contribution in [-0.4, -0.2) is 66.3 Å². The monoisotopic (exact) mass is 473 g/mol. The summed E-state index contributed by atoms with van der Waals surface area (Å²) < 4.78 is 5.34. The third-order valence-electron chi connectivity index (χ3n) is 5.82. The second kappa shape index (κ2) is 9.20. The molecule has 0 radical (unpaired) electrons. The number of hydrogen-bond acceptors (Lipinski definition) is 10. The van der Waals surface area contributed by atoms with Crippen molar-refractivity contribution in [3.63, 3.8) is 0 Å². The number of amides is 1. The van der Waals surface area contributed by atoms with Crippen molar-refractivity contribution >= 4 is 17.7 Å². The van der Waals surface area contributed by atoms with Gasteiger partial charge in [0.1, 0.15) is 11.5 Å². The molecule has 1 amide bonds. The summed E-state index contributed by atoms with van der Waals surface area (Å²) >= 11 is 0. The second-order valence-electron chi connectivity index (χ2n) is 8.24. The normalized spacial score (nSPS) is 17.7. The lowest BCUT2D eigenvalue weighted by atomic mass is 9.98. The number of aliphatic hydroxyl groups excluding tert-OH is 1. The lowest BCUT2D eigenvalue weighted by Gasteiger charge is -2.16. The van der Waals surface area contributed by atoms with E-state index in [1.165, 1.54) is 4.90 Å². The second-order valence-corrected chi connectivity index (χ2v) is 8.24. The van der Waals surface area contributed by atoms with E-state index >= 15 is 0 Å². The first-order valence-corrected chi connectivity index (χ1v) is 11.0. The third-order valence-corrected chi connectivity index (χ3v) is 5.82. The van der Waals surface area contributed by atoms with E-state index in [1.807, 2.05) is 18.2 Å². The van der Waals surface area contributed by atoms with Crippen LogP contribution in [0.15, 0.2) is 59.4 Å². The zero-order valence-corrected chi connectivity index (χ0v) is 18.9. The molecule has 4 aromatic heterocycles. The van der Waals surface area contributed by atoms with Gasteiger partial charge in [0.2, 0.25) is 11.5 Å². The highest BCUT2D eigenvalue weighted by Gasteiger charge is 2.48. The molecule has 1 fully saturated rings. The highest BCUT2D eigenvalue weighted by Crippen LogP contribution is 2.34. The Balaban J connectivity index is 1.37. The van der Waals surface area contributed by atoms with E-state index in [-0.39, 0.29) is 18.8 Å². The number of carbonyl (C=O) groups is 1. The van der Waals surface area contributed by atoms with Crippen molar-refractivity contribution in [2.24, 2.45) is 0 Å². The van der Waals surface area contributed by atoms with E-state index in [1.54, 1.807) is 43.7 Å². The topological polar surface area (TPSA) is 150 Å². The SMILES string of the molecule is CN1CCC(O)(c2cc(-c3cccc(-c4ccnc(Nc5ccc(CCO)cn5)n4)n3)no2)C1=O. The average molecular weight is 473 g/mol. The Hall–Kier alpha value is -4.22. The molecule has 0 bridgehead atoms. The molecule has 1 saturated heterocycles. The van der Waals surface area contributed by atoms with Crippen LogP contribution in [0, 0.1) is 0 Å². The number of nitrogens with zero attached hydrogens (tertiary/aromatic N) is 6. The molecule has 11 nitrogen and oxygen atoms in total. The molecular formula is C24H23N7O4. The smallest absolute Gasteiger partial charge is 0.262 e. The summed E-state index contributed by atoms with van der Waals surface area (Å²) in [7, 11) is 1.63. The minimum Gasteiger partial charge on any atom is -0.396 e. The van der Waals surface area contributed by atoms with E-state index in [0.29, 0.717) is 47.5 Å². The van der Waals surface area contributed by atoms with Crippen LogP contribution in [0.1, 0.15) is 17.7 Å². The zero-order valence-electron chi connectivity index (χ0n) is 18.9. The minimum atomic E-state index is -1.71. The van der Waals surface area contributed by atoms with Crippen LogP contribution in [0.2, 0.25) is 0 Å². The van der Waals surface area contributed by atoms with Crippen molar-refractivity contribution in [3.8, 4) is 22.8 Å². The number of nitrogens with one attached hydrogen (secondary N) is 1. The summed E-state index contributed by atoms with van der Waals surface area (Å²) in [6.07, 6.45) is 4.08. The van der Waals surface area contributed by atoms with E-state index in [0.717, 1.165) is 5.56 Å². The van der Waals surface area contributed by atoms with Gasteiger partial charge in [0.15, 0.2) is 5.76 Å². The highest BCUT2D eigenvalue weighted by atomic mass is 16.5. The van der Waals surface area contributed by atoms with Crippen molar-refractivity contribution in [2.45, 2.75) is 18.4 Å². The quantitative estimate of drug-likeness (QED) is 0.363. The third kappa shape index (κ3) is 4.46. The molecule has 3 N–H and O–H groups in total. The van der Waals surface area contributed by atoms with Crippen LogP contribution in [-0.2, 0) is 16.8 Å². The number of anilines is 2. The largest absolute Gasteiger partial charge is 0.396 e. The molecule has 178 valence electrons. The molecule has 35 heavy (non-hydrogen) atoms. The Bertz CT molecular complexity index is 1360. The zero-order chi connectivity index (χ0) is 24.4.